The van der Waals surface area contributed by atoms with E-state index in [1.54, 1.807) is 0 Å². The average molecular weight is 337 g/mol. The van der Waals surface area contributed by atoms with Crippen LogP contribution in [0.2, 0.25) is 0 Å². The summed E-state index contributed by atoms with van der Waals surface area (Å²) in [5, 5.41) is 11.1. The normalized spacial score (nSPS) is 10.2. The fourth-order valence-corrected chi connectivity index (χ4v) is 1.82. The smallest absolute Gasteiger partial charge is 0.306 e. The summed E-state index contributed by atoms with van der Waals surface area (Å²) in [5.41, 5.74) is 0.923. The van der Waals surface area contributed by atoms with Crippen LogP contribution in [0.3, 0.4) is 0 Å². The van der Waals surface area contributed by atoms with Crippen molar-refractivity contribution in [2.75, 3.05) is 19.8 Å². The van der Waals surface area contributed by atoms with Crippen LogP contribution in [0.25, 0.3) is 0 Å². The lowest BCUT2D eigenvalue weighted by atomic mass is 10.2. The molecule has 0 heterocycles. The van der Waals surface area contributed by atoms with Crippen LogP contribution in [0.5, 0.6) is 0 Å². The molecule has 0 atom stereocenters. The van der Waals surface area contributed by atoms with Crippen molar-refractivity contribution in [2.24, 2.45) is 0 Å². The molecule has 0 saturated carbocycles. The Morgan fingerprint density at radius 3 is 2.46 bits per heavy atom. The zero-order chi connectivity index (χ0) is 17.6. The van der Waals surface area contributed by atoms with E-state index in [-0.39, 0.29) is 51.0 Å². The quantitative estimate of drug-likeness (QED) is 0.443. The summed E-state index contributed by atoms with van der Waals surface area (Å²) >= 11 is 0. The van der Waals surface area contributed by atoms with Gasteiger partial charge in [-0.05, 0) is 12.0 Å². The Bertz CT molecular complexity index is 517. The molecule has 24 heavy (non-hydrogen) atoms. The van der Waals surface area contributed by atoms with E-state index in [1.807, 2.05) is 30.3 Å². The van der Waals surface area contributed by atoms with Gasteiger partial charge in [-0.3, -0.25) is 14.4 Å². The summed E-state index contributed by atoms with van der Waals surface area (Å²) in [5.74, 6) is -1.42. The number of carbonyl (C=O) groups is 3. The molecule has 1 aromatic carbocycles. The highest BCUT2D eigenvalue weighted by Gasteiger charge is 2.06. The summed E-state index contributed by atoms with van der Waals surface area (Å²) < 4.78 is 10.2. The Morgan fingerprint density at radius 2 is 1.75 bits per heavy atom. The second-order valence-corrected chi connectivity index (χ2v) is 5.11. The monoisotopic (exact) mass is 337 g/mol. The van der Waals surface area contributed by atoms with Gasteiger partial charge in [0.25, 0.3) is 0 Å². The lowest BCUT2D eigenvalue weighted by Gasteiger charge is -2.06. The van der Waals surface area contributed by atoms with Crippen LogP contribution in [-0.2, 0) is 30.5 Å². The van der Waals surface area contributed by atoms with Gasteiger partial charge < -0.3 is 19.9 Å². The van der Waals surface area contributed by atoms with E-state index in [4.69, 9.17) is 14.6 Å². The standard InChI is InChI=1S/C17H23NO6/c19-15(18-10-12-23-11-9-16(20)21)7-4-8-17(22)24-13-14-5-2-1-3-6-14/h1-3,5-6H,4,7-13H2,(H,18,19)(H,20,21). The predicted molar refractivity (Wildman–Crippen MR) is 86.2 cm³/mol. The molecule has 1 rings (SSSR count). The average Bonchev–Trinajstić information content (AvgIpc) is 2.57. The summed E-state index contributed by atoms with van der Waals surface area (Å²) in [6, 6.07) is 9.39. The number of carboxylic acid groups (broad SMARTS) is 1. The summed E-state index contributed by atoms with van der Waals surface area (Å²) in [7, 11) is 0. The van der Waals surface area contributed by atoms with E-state index in [0.29, 0.717) is 13.0 Å². The zero-order valence-corrected chi connectivity index (χ0v) is 13.5. The lowest BCUT2D eigenvalue weighted by molar-refractivity contribution is -0.145. The lowest BCUT2D eigenvalue weighted by Crippen LogP contribution is -2.27. The van der Waals surface area contributed by atoms with Crippen molar-refractivity contribution >= 4 is 17.8 Å². The van der Waals surface area contributed by atoms with Crippen LogP contribution in [0.4, 0.5) is 0 Å². The van der Waals surface area contributed by atoms with Crippen molar-refractivity contribution in [3.8, 4) is 0 Å². The number of hydrogen-bond acceptors (Lipinski definition) is 5. The van der Waals surface area contributed by atoms with Crippen molar-refractivity contribution < 1.29 is 29.0 Å². The summed E-state index contributed by atoms with van der Waals surface area (Å²) in [6.45, 7) is 0.938. The third-order valence-electron chi connectivity index (χ3n) is 3.06. The van der Waals surface area contributed by atoms with Crippen molar-refractivity contribution in [1.29, 1.82) is 0 Å². The van der Waals surface area contributed by atoms with E-state index in [2.05, 4.69) is 5.32 Å². The fraction of sp³-hybridized carbons (Fsp3) is 0.471. The summed E-state index contributed by atoms with van der Waals surface area (Å²) in [4.78, 5) is 33.3. The number of carbonyl (C=O) groups excluding carboxylic acids is 2. The molecule has 0 aliphatic rings. The van der Waals surface area contributed by atoms with E-state index in [0.717, 1.165) is 5.56 Å². The van der Waals surface area contributed by atoms with Crippen LogP contribution in [0, 0.1) is 0 Å². The highest BCUT2D eigenvalue weighted by atomic mass is 16.5. The molecule has 0 unspecified atom stereocenters. The molecule has 0 saturated heterocycles. The van der Waals surface area contributed by atoms with Crippen molar-refractivity contribution in [1.82, 2.24) is 5.32 Å². The van der Waals surface area contributed by atoms with Gasteiger partial charge in [-0.25, -0.2) is 0 Å². The SMILES string of the molecule is O=C(O)CCOCCNC(=O)CCCC(=O)OCc1ccccc1. The highest BCUT2D eigenvalue weighted by Crippen LogP contribution is 2.03. The zero-order valence-electron chi connectivity index (χ0n) is 13.5. The maximum atomic E-state index is 11.6. The van der Waals surface area contributed by atoms with Crippen LogP contribution in [0.1, 0.15) is 31.2 Å². The van der Waals surface area contributed by atoms with Crippen molar-refractivity contribution in [2.45, 2.75) is 32.3 Å². The molecule has 7 heteroatoms. The molecule has 0 aliphatic heterocycles. The summed E-state index contributed by atoms with van der Waals surface area (Å²) in [6.07, 6.45) is 0.781. The number of ether oxygens (including phenoxy) is 2. The number of esters is 1. The van der Waals surface area contributed by atoms with Crippen LogP contribution < -0.4 is 5.32 Å². The third-order valence-corrected chi connectivity index (χ3v) is 3.06. The molecule has 0 aliphatic carbocycles. The third kappa shape index (κ3) is 10.3. The Kier molecular flexibility index (Phi) is 9.87. The minimum atomic E-state index is -0.918. The molecular weight excluding hydrogens is 314 g/mol. The Labute approximate surface area is 141 Å². The minimum absolute atomic E-state index is 0.0565. The Morgan fingerprint density at radius 1 is 1.00 bits per heavy atom. The number of nitrogens with one attached hydrogen (secondary N) is 1. The van der Waals surface area contributed by atoms with Gasteiger partial charge in [-0.2, -0.15) is 0 Å². The van der Waals surface area contributed by atoms with Gasteiger partial charge in [0.15, 0.2) is 0 Å². The Balaban J connectivity index is 1.98. The molecule has 0 spiro atoms. The first-order chi connectivity index (χ1) is 11.6. The van der Waals surface area contributed by atoms with E-state index in [1.165, 1.54) is 0 Å². The van der Waals surface area contributed by atoms with Crippen LogP contribution in [-0.4, -0.2) is 42.7 Å². The second-order valence-electron chi connectivity index (χ2n) is 5.11. The molecule has 0 fully saturated rings. The Hall–Kier alpha value is -2.41. The number of hydrogen-bond donors (Lipinski definition) is 2. The van der Waals surface area contributed by atoms with Crippen LogP contribution in [0.15, 0.2) is 30.3 Å². The molecule has 2 N–H and O–H groups in total. The van der Waals surface area contributed by atoms with E-state index >= 15 is 0 Å². The minimum Gasteiger partial charge on any atom is -0.481 e. The molecule has 1 aromatic rings. The number of aliphatic carboxylic acids is 1. The maximum absolute atomic E-state index is 11.6. The number of benzene rings is 1. The first kappa shape index (κ1) is 19.6. The van der Waals surface area contributed by atoms with Gasteiger partial charge in [0.1, 0.15) is 6.61 Å². The number of amides is 1. The molecule has 1 amide bonds. The first-order valence-electron chi connectivity index (χ1n) is 7.83. The molecule has 132 valence electrons. The van der Waals surface area contributed by atoms with Crippen LogP contribution >= 0.6 is 0 Å². The van der Waals surface area contributed by atoms with Gasteiger partial charge in [0.2, 0.25) is 5.91 Å². The molecular formula is C17H23NO6. The van der Waals surface area contributed by atoms with Crippen molar-refractivity contribution in [3.05, 3.63) is 35.9 Å². The molecule has 0 aromatic heterocycles. The molecule has 0 radical (unpaired) electrons. The largest absolute Gasteiger partial charge is 0.481 e. The second kappa shape index (κ2) is 12.1. The van der Waals surface area contributed by atoms with Gasteiger partial charge in [-0.1, -0.05) is 30.3 Å². The fourth-order valence-electron chi connectivity index (χ4n) is 1.82. The van der Waals surface area contributed by atoms with Gasteiger partial charge in [0.05, 0.1) is 19.6 Å². The van der Waals surface area contributed by atoms with E-state index in [9.17, 15) is 14.4 Å². The maximum Gasteiger partial charge on any atom is 0.306 e. The molecule has 0 bridgehead atoms. The van der Waals surface area contributed by atoms with Crippen molar-refractivity contribution in [3.63, 3.8) is 0 Å². The predicted octanol–water partition coefficient (Wildman–Crippen LogP) is 1.51. The van der Waals surface area contributed by atoms with Gasteiger partial charge >= 0.3 is 11.9 Å². The van der Waals surface area contributed by atoms with E-state index < -0.39 is 5.97 Å². The number of rotatable bonds is 12. The highest BCUT2D eigenvalue weighted by molar-refractivity contribution is 5.77. The number of carboxylic acids is 1. The first-order valence-corrected chi connectivity index (χ1v) is 7.83. The molecule has 7 nitrogen and oxygen atoms in total. The topological polar surface area (TPSA) is 102 Å². The van der Waals surface area contributed by atoms with Gasteiger partial charge in [0, 0.05) is 19.4 Å². The van der Waals surface area contributed by atoms with Gasteiger partial charge in [-0.15, -0.1) is 0 Å².